The molecule has 1 aromatic rings. The van der Waals surface area contributed by atoms with Crippen LogP contribution in [0, 0.1) is 6.92 Å². The van der Waals surface area contributed by atoms with Gasteiger partial charge in [-0.2, -0.15) is 0 Å². The lowest BCUT2D eigenvalue weighted by atomic mass is 10.0. The lowest BCUT2D eigenvalue weighted by molar-refractivity contribution is -0.126. The van der Waals surface area contributed by atoms with Crippen molar-refractivity contribution in [2.24, 2.45) is 0 Å². The second-order valence-electron chi connectivity index (χ2n) is 5.13. The summed E-state index contributed by atoms with van der Waals surface area (Å²) < 4.78 is 5.32. The number of carbonyl (C=O) groups excluding carboxylic acids is 2. The van der Waals surface area contributed by atoms with Crippen molar-refractivity contribution in [3.63, 3.8) is 0 Å². The highest BCUT2D eigenvalue weighted by molar-refractivity contribution is 5.90. The number of benzene rings is 1. The van der Waals surface area contributed by atoms with E-state index in [0.717, 1.165) is 16.9 Å². The van der Waals surface area contributed by atoms with Gasteiger partial charge in [0.2, 0.25) is 11.8 Å². The van der Waals surface area contributed by atoms with Gasteiger partial charge in [0.15, 0.2) is 0 Å². The molecule has 5 nitrogen and oxygen atoms in total. The summed E-state index contributed by atoms with van der Waals surface area (Å²) in [7, 11) is 1.61. The average molecular weight is 276 g/mol. The van der Waals surface area contributed by atoms with Crippen molar-refractivity contribution in [3.05, 3.63) is 29.3 Å². The third-order valence-corrected chi connectivity index (χ3v) is 3.52. The van der Waals surface area contributed by atoms with E-state index in [1.54, 1.807) is 7.11 Å². The molecule has 2 atom stereocenters. The molecule has 20 heavy (non-hydrogen) atoms. The lowest BCUT2D eigenvalue weighted by Gasteiger charge is -2.20. The van der Waals surface area contributed by atoms with Gasteiger partial charge < -0.3 is 15.4 Å². The van der Waals surface area contributed by atoms with Crippen LogP contribution in [-0.4, -0.2) is 25.0 Å². The number of carbonyl (C=O) groups is 2. The Kier molecular flexibility index (Phi) is 4.27. The molecule has 0 aromatic heterocycles. The number of hydrogen-bond donors (Lipinski definition) is 2. The summed E-state index contributed by atoms with van der Waals surface area (Å²) in [5, 5.41) is 5.60. The Morgan fingerprint density at radius 1 is 1.50 bits per heavy atom. The van der Waals surface area contributed by atoms with Crippen molar-refractivity contribution < 1.29 is 14.3 Å². The van der Waals surface area contributed by atoms with E-state index in [4.69, 9.17) is 4.74 Å². The number of nitrogens with one attached hydrogen (secondary N) is 2. The number of ether oxygens (including phenoxy) is 1. The van der Waals surface area contributed by atoms with Crippen molar-refractivity contribution in [1.29, 1.82) is 0 Å². The van der Waals surface area contributed by atoms with Crippen LogP contribution >= 0.6 is 0 Å². The van der Waals surface area contributed by atoms with Gasteiger partial charge in [-0.3, -0.25) is 9.59 Å². The largest absolute Gasteiger partial charge is 0.496 e. The van der Waals surface area contributed by atoms with Crippen molar-refractivity contribution >= 4 is 11.8 Å². The molecule has 0 aliphatic carbocycles. The summed E-state index contributed by atoms with van der Waals surface area (Å²) in [4.78, 5) is 23.2. The number of methoxy groups -OCH3 is 1. The first-order valence-electron chi connectivity index (χ1n) is 6.75. The van der Waals surface area contributed by atoms with Crippen LogP contribution in [0.25, 0.3) is 0 Å². The second-order valence-corrected chi connectivity index (χ2v) is 5.13. The molecule has 1 aromatic carbocycles. The minimum Gasteiger partial charge on any atom is -0.496 e. The maximum Gasteiger partial charge on any atom is 0.243 e. The number of aryl methyl sites for hydroxylation is 1. The number of hydrogen-bond acceptors (Lipinski definition) is 3. The van der Waals surface area contributed by atoms with Gasteiger partial charge >= 0.3 is 0 Å². The molecule has 1 aliphatic heterocycles. The van der Waals surface area contributed by atoms with Crippen LogP contribution in [0.2, 0.25) is 0 Å². The van der Waals surface area contributed by atoms with E-state index in [1.807, 2.05) is 32.0 Å². The molecule has 2 amide bonds. The Bertz CT molecular complexity index is 528. The van der Waals surface area contributed by atoms with Crippen LogP contribution in [0.4, 0.5) is 0 Å². The highest BCUT2D eigenvalue weighted by atomic mass is 16.5. The zero-order valence-electron chi connectivity index (χ0n) is 12.0. The quantitative estimate of drug-likeness (QED) is 0.875. The van der Waals surface area contributed by atoms with Crippen LogP contribution < -0.4 is 15.4 Å². The number of amides is 2. The van der Waals surface area contributed by atoms with Gasteiger partial charge in [-0.1, -0.05) is 17.7 Å². The second kappa shape index (κ2) is 5.94. The SMILES string of the molecule is COc1ccc(C)cc1[C@H](C)NC(=O)[C@H]1CCC(=O)N1. The van der Waals surface area contributed by atoms with E-state index in [2.05, 4.69) is 10.6 Å². The Morgan fingerprint density at radius 3 is 2.85 bits per heavy atom. The van der Waals surface area contributed by atoms with Gasteiger partial charge in [0.05, 0.1) is 13.2 Å². The minimum absolute atomic E-state index is 0.0639. The smallest absolute Gasteiger partial charge is 0.243 e. The highest BCUT2D eigenvalue weighted by Gasteiger charge is 2.28. The van der Waals surface area contributed by atoms with Crippen LogP contribution in [0.1, 0.15) is 36.9 Å². The van der Waals surface area contributed by atoms with Crippen LogP contribution in [0.15, 0.2) is 18.2 Å². The van der Waals surface area contributed by atoms with Crippen LogP contribution in [0.3, 0.4) is 0 Å². The monoisotopic (exact) mass is 276 g/mol. The minimum atomic E-state index is -0.416. The van der Waals surface area contributed by atoms with E-state index in [9.17, 15) is 9.59 Å². The molecule has 0 spiro atoms. The standard InChI is InChI=1S/C15H20N2O3/c1-9-4-6-13(20-3)11(8-9)10(2)16-15(19)12-5-7-14(18)17-12/h4,6,8,10,12H,5,7H2,1-3H3,(H,16,19)(H,17,18)/t10-,12+/m0/s1. The first kappa shape index (κ1) is 14.4. The molecule has 1 aliphatic rings. The molecule has 0 unspecified atom stereocenters. The summed E-state index contributed by atoms with van der Waals surface area (Å²) in [6.07, 6.45) is 0.975. The fraction of sp³-hybridized carbons (Fsp3) is 0.467. The van der Waals surface area contributed by atoms with E-state index in [0.29, 0.717) is 12.8 Å². The summed E-state index contributed by atoms with van der Waals surface area (Å²) in [6.45, 7) is 3.90. The van der Waals surface area contributed by atoms with Crippen molar-refractivity contribution in [3.8, 4) is 5.75 Å². The third kappa shape index (κ3) is 3.10. The molecule has 0 radical (unpaired) electrons. The van der Waals surface area contributed by atoms with E-state index in [-0.39, 0.29) is 17.9 Å². The predicted octanol–water partition coefficient (Wildman–Crippen LogP) is 1.46. The Morgan fingerprint density at radius 2 is 2.25 bits per heavy atom. The van der Waals surface area contributed by atoms with Gasteiger partial charge in [-0.15, -0.1) is 0 Å². The van der Waals surface area contributed by atoms with Gasteiger partial charge in [-0.05, 0) is 26.3 Å². The average Bonchev–Trinajstić information content (AvgIpc) is 2.85. The number of rotatable bonds is 4. The lowest BCUT2D eigenvalue weighted by Crippen LogP contribution is -2.42. The molecule has 1 fully saturated rings. The molecule has 108 valence electrons. The summed E-state index contributed by atoms with van der Waals surface area (Å²) in [5.74, 6) is 0.539. The van der Waals surface area contributed by atoms with Crippen molar-refractivity contribution in [1.82, 2.24) is 10.6 Å². The summed E-state index contributed by atoms with van der Waals surface area (Å²) in [5.41, 5.74) is 2.04. The first-order chi connectivity index (χ1) is 9.51. The highest BCUT2D eigenvalue weighted by Crippen LogP contribution is 2.26. The summed E-state index contributed by atoms with van der Waals surface area (Å²) >= 11 is 0. The van der Waals surface area contributed by atoms with Gasteiger partial charge in [0.1, 0.15) is 11.8 Å². The topological polar surface area (TPSA) is 67.4 Å². The van der Waals surface area contributed by atoms with Gasteiger partial charge in [0.25, 0.3) is 0 Å². The van der Waals surface area contributed by atoms with Gasteiger partial charge in [0, 0.05) is 12.0 Å². The molecule has 1 saturated heterocycles. The van der Waals surface area contributed by atoms with Crippen molar-refractivity contribution in [2.75, 3.05) is 7.11 Å². The molecule has 1 heterocycles. The Balaban J connectivity index is 2.08. The third-order valence-electron chi connectivity index (χ3n) is 3.52. The molecule has 5 heteroatoms. The molecule has 0 saturated carbocycles. The molecule has 2 N–H and O–H groups in total. The first-order valence-corrected chi connectivity index (χ1v) is 6.75. The Labute approximate surface area is 118 Å². The van der Waals surface area contributed by atoms with Crippen LogP contribution in [-0.2, 0) is 9.59 Å². The Hall–Kier alpha value is -2.04. The predicted molar refractivity (Wildman–Crippen MR) is 75.5 cm³/mol. The maximum absolute atomic E-state index is 12.1. The molecular formula is C15H20N2O3. The van der Waals surface area contributed by atoms with Crippen molar-refractivity contribution in [2.45, 2.75) is 38.8 Å². The fourth-order valence-corrected chi connectivity index (χ4v) is 2.39. The van der Waals surface area contributed by atoms with E-state index in [1.165, 1.54) is 0 Å². The zero-order chi connectivity index (χ0) is 14.7. The zero-order valence-corrected chi connectivity index (χ0v) is 12.0. The maximum atomic E-state index is 12.1. The molecular weight excluding hydrogens is 256 g/mol. The van der Waals surface area contributed by atoms with Crippen LogP contribution in [0.5, 0.6) is 5.75 Å². The summed E-state index contributed by atoms with van der Waals surface area (Å²) in [6, 6.07) is 5.27. The van der Waals surface area contributed by atoms with Gasteiger partial charge in [-0.25, -0.2) is 0 Å². The fourth-order valence-electron chi connectivity index (χ4n) is 2.39. The van der Waals surface area contributed by atoms with E-state index < -0.39 is 6.04 Å². The molecule has 0 bridgehead atoms. The normalized spacial score (nSPS) is 19.4. The van der Waals surface area contributed by atoms with E-state index >= 15 is 0 Å². The molecule has 2 rings (SSSR count).